The van der Waals surface area contributed by atoms with Gasteiger partial charge in [0, 0.05) is 25.0 Å². The van der Waals surface area contributed by atoms with E-state index < -0.39 is 83.6 Å². The Balaban J connectivity index is 2.07. The predicted octanol–water partition coefficient (Wildman–Crippen LogP) is 2.20. The molecule has 0 saturated carbocycles. The number of fused-ring (bicyclic) bond motifs is 1. The molecule has 0 bridgehead atoms. The number of carbonyl (C=O) groups excluding carboxylic acids is 4. The van der Waals surface area contributed by atoms with Gasteiger partial charge in [-0.15, -0.1) is 0 Å². The zero-order chi connectivity index (χ0) is 33.3. The molecule has 0 radical (unpaired) electrons. The van der Waals surface area contributed by atoms with Crippen molar-refractivity contribution in [2.45, 2.75) is 135 Å². The van der Waals surface area contributed by atoms with Gasteiger partial charge in [-0.3, -0.25) is 14.4 Å². The Kier molecular flexibility index (Phi) is 11.5. The lowest BCUT2D eigenvalue weighted by molar-refractivity contribution is -0.295. The number of ether oxygens (including phenoxy) is 6. The van der Waals surface area contributed by atoms with Gasteiger partial charge < -0.3 is 43.7 Å². The van der Waals surface area contributed by atoms with Gasteiger partial charge in [-0.1, -0.05) is 20.8 Å². The van der Waals surface area contributed by atoms with Crippen molar-refractivity contribution in [3.63, 3.8) is 0 Å². The zero-order valence-electron chi connectivity index (χ0n) is 27.9. The number of aliphatic hydroxyl groups excluding tert-OH is 1. The molecule has 0 aliphatic carbocycles. The molecule has 3 aliphatic rings. The Labute approximate surface area is 260 Å². The van der Waals surface area contributed by atoms with Crippen molar-refractivity contribution in [2.75, 3.05) is 21.2 Å². The molecule has 0 unspecified atom stereocenters. The van der Waals surface area contributed by atoms with E-state index in [9.17, 15) is 24.3 Å². The molecule has 3 aliphatic heterocycles. The molecule has 3 fully saturated rings. The first-order chi connectivity index (χ1) is 20.4. The molecule has 3 heterocycles. The molecule has 0 aromatic rings. The van der Waals surface area contributed by atoms with Crippen LogP contribution in [0.2, 0.25) is 0 Å². The Morgan fingerprint density at radius 1 is 1.05 bits per heavy atom. The maximum atomic E-state index is 14.0. The number of amides is 1. The first kappa shape index (κ1) is 36.2. The van der Waals surface area contributed by atoms with Crippen LogP contribution >= 0.6 is 0 Å². The van der Waals surface area contributed by atoms with Gasteiger partial charge in [0.05, 0.1) is 23.9 Å². The van der Waals surface area contributed by atoms with Crippen molar-refractivity contribution in [3.8, 4) is 0 Å². The van der Waals surface area contributed by atoms with Crippen molar-refractivity contribution in [3.05, 3.63) is 0 Å². The minimum atomic E-state index is -1.42. The van der Waals surface area contributed by atoms with Gasteiger partial charge in [0.25, 0.3) is 0 Å². The standard InChI is InChI=1S/C31H52N2O11/c1-12-21-31(8)25(43-29(38)44-31)19(6)32-26(36)15(2)14-30(7,39-11)24(17(4)22(34)18(5)27(37)41-21)42-28-23(35)20(33(9)10)13-16(3)40-28/h15-21,23-25,28,35H,12-14H2,1-11H3,(H,32,36)/t15-,16-,17+,18-,19-,20+,21-,23-,24-,25-,28+,30-,31-/m1/s1. The average Bonchev–Trinajstić information content (AvgIpc) is 3.28. The third-order valence-corrected chi connectivity index (χ3v) is 9.65. The second-order valence-electron chi connectivity index (χ2n) is 13.4. The summed E-state index contributed by atoms with van der Waals surface area (Å²) in [6.07, 6.45) is -5.39. The summed E-state index contributed by atoms with van der Waals surface area (Å²) in [6.45, 7) is 13.4. The molecule has 252 valence electrons. The summed E-state index contributed by atoms with van der Waals surface area (Å²) in [5, 5.41) is 14.2. The SMILES string of the molecule is CC[C@H]1OC(=O)[C@H](C)C(=O)[C@H](C)[C@@H](O[C@@H]2O[C@H](C)C[C@H](N(C)C)[C@H]2O)[C@](C)(OC)C[C@@H](C)C(=O)N[C@H](C)[C@H]2OC(=O)O[C@@]21C. The highest BCUT2D eigenvalue weighted by Gasteiger charge is 2.57. The van der Waals surface area contributed by atoms with Crippen molar-refractivity contribution in [1.29, 1.82) is 0 Å². The lowest BCUT2D eigenvalue weighted by atomic mass is 9.78. The molecule has 44 heavy (non-hydrogen) atoms. The lowest BCUT2D eigenvalue weighted by Gasteiger charge is -2.46. The first-order valence-electron chi connectivity index (χ1n) is 15.5. The highest BCUT2D eigenvalue weighted by atomic mass is 16.8. The Morgan fingerprint density at radius 2 is 1.68 bits per heavy atom. The number of aliphatic hydroxyl groups is 1. The number of methoxy groups -OCH3 is 1. The summed E-state index contributed by atoms with van der Waals surface area (Å²) in [5.74, 6) is -4.48. The number of rotatable bonds is 5. The minimum Gasteiger partial charge on any atom is -0.457 e. The number of hydrogen-bond acceptors (Lipinski definition) is 12. The van der Waals surface area contributed by atoms with Crippen LogP contribution in [0.5, 0.6) is 0 Å². The number of Topliss-reactive ketones (excluding diaryl/α,β-unsaturated/α-hetero) is 1. The summed E-state index contributed by atoms with van der Waals surface area (Å²) in [5.41, 5.74) is -2.67. The van der Waals surface area contributed by atoms with E-state index in [0.29, 0.717) is 6.42 Å². The number of likely N-dealkylation sites (N-methyl/N-ethyl adjacent to an activating group) is 1. The Hall–Kier alpha value is -2.32. The van der Waals surface area contributed by atoms with Crippen molar-refractivity contribution in [2.24, 2.45) is 17.8 Å². The third kappa shape index (κ3) is 7.22. The van der Waals surface area contributed by atoms with E-state index in [2.05, 4.69) is 5.32 Å². The highest BCUT2D eigenvalue weighted by molar-refractivity contribution is 6.00. The van der Waals surface area contributed by atoms with Gasteiger partial charge in [-0.2, -0.15) is 0 Å². The molecular formula is C31H52N2O11. The number of ketones is 1. The first-order valence-corrected chi connectivity index (χ1v) is 15.5. The fourth-order valence-corrected chi connectivity index (χ4v) is 6.89. The van der Waals surface area contributed by atoms with Crippen LogP contribution in [0.15, 0.2) is 0 Å². The van der Waals surface area contributed by atoms with Crippen LogP contribution in [0.3, 0.4) is 0 Å². The quantitative estimate of drug-likeness (QED) is 0.338. The van der Waals surface area contributed by atoms with Crippen molar-refractivity contribution < 1.29 is 52.7 Å². The summed E-state index contributed by atoms with van der Waals surface area (Å²) < 4.78 is 35.4. The summed E-state index contributed by atoms with van der Waals surface area (Å²) in [7, 11) is 5.18. The maximum Gasteiger partial charge on any atom is 0.509 e. The van der Waals surface area contributed by atoms with Crippen LogP contribution in [-0.4, -0.2) is 115 Å². The Morgan fingerprint density at radius 3 is 2.25 bits per heavy atom. The monoisotopic (exact) mass is 628 g/mol. The van der Waals surface area contributed by atoms with Gasteiger partial charge in [-0.05, 0) is 68.0 Å². The second kappa shape index (κ2) is 14.0. The van der Waals surface area contributed by atoms with Crippen molar-refractivity contribution in [1.82, 2.24) is 10.2 Å². The van der Waals surface area contributed by atoms with Gasteiger partial charge >= 0.3 is 12.1 Å². The van der Waals surface area contributed by atoms with Crippen LogP contribution in [0, 0.1) is 17.8 Å². The van der Waals surface area contributed by atoms with E-state index >= 15 is 0 Å². The summed E-state index contributed by atoms with van der Waals surface area (Å²) in [6, 6.07) is -0.984. The van der Waals surface area contributed by atoms with E-state index in [1.807, 2.05) is 25.9 Å². The number of nitrogens with zero attached hydrogens (tertiary/aromatic N) is 1. The van der Waals surface area contributed by atoms with Crippen molar-refractivity contribution >= 4 is 23.8 Å². The van der Waals surface area contributed by atoms with Crippen LogP contribution < -0.4 is 5.32 Å². The number of carbonyl (C=O) groups is 4. The van der Waals surface area contributed by atoms with E-state index in [0.717, 1.165) is 0 Å². The zero-order valence-corrected chi connectivity index (χ0v) is 27.9. The van der Waals surface area contributed by atoms with Crippen LogP contribution in [-0.2, 0) is 42.8 Å². The van der Waals surface area contributed by atoms with Crippen LogP contribution in [0.4, 0.5) is 4.79 Å². The molecule has 13 heteroatoms. The number of esters is 1. The third-order valence-electron chi connectivity index (χ3n) is 9.65. The molecule has 13 nitrogen and oxygen atoms in total. The number of hydrogen-bond donors (Lipinski definition) is 2. The number of nitrogens with one attached hydrogen (secondary N) is 1. The average molecular weight is 629 g/mol. The van der Waals surface area contributed by atoms with E-state index in [1.54, 1.807) is 41.5 Å². The van der Waals surface area contributed by atoms with Gasteiger partial charge in [0.15, 0.2) is 23.8 Å². The molecule has 0 aromatic carbocycles. The van der Waals surface area contributed by atoms with Gasteiger partial charge in [0.2, 0.25) is 5.91 Å². The molecule has 2 N–H and O–H groups in total. The van der Waals surface area contributed by atoms with Gasteiger partial charge in [0.1, 0.15) is 18.1 Å². The maximum absolute atomic E-state index is 14.0. The normalized spacial score (nSPS) is 44.5. The predicted molar refractivity (Wildman–Crippen MR) is 157 cm³/mol. The molecule has 3 rings (SSSR count). The number of cyclic esters (lactones) is 1. The van der Waals surface area contributed by atoms with E-state index in [4.69, 9.17) is 28.4 Å². The molecule has 3 saturated heterocycles. The topological polar surface area (TPSA) is 159 Å². The van der Waals surface area contributed by atoms with Gasteiger partial charge in [-0.25, -0.2) is 4.79 Å². The Bertz CT molecular complexity index is 1070. The molecule has 1 amide bonds. The van der Waals surface area contributed by atoms with E-state index in [-0.39, 0.29) is 30.9 Å². The lowest BCUT2D eigenvalue weighted by Crippen LogP contribution is -2.59. The molecule has 0 aromatic heterocycles. The molecular weight excluding hydrogens is 576 g/mol. The summed E-state index contributed by atoms with van der Waals surface area (Å²) in [4.78, 5) is 55.2. The minimum absolute atomic E-state index is 0.106. The largest absolute Gasteiger partial charge is 0.509 e. The summed E-state index contributed by atoms with van der Waals surface area (Å²) >= 11 is 0. The fourth-order valence-electron chi connectivity index (χ4n) is 6.89. The van der Waals surface area contributed by atoms with E-state index in [1.165, 1.54) is 14.0 Å². The fraction of sp³-hybridized carbons (Fsp3) is 0.871. The smallest absolute Gasteiger partial charge is 0.457 e. The second-order valence-corrected chi connectivity index (χ2v) is 13.4. The molecule has 13 atom stereocenters. The molecule has 0 spiro atoms. The van der Waals surface area contributed by atoms with Crippen LogP contribution in [0.1, 0.15) is 74.7 Å². The highest BCUT2D eigenvalue weighted by Crippen LogP contribution is 2.39. The van der Waals surface area contributed by atoms with Crippen LogP contribution in [0.25, 0.3) is 0 Å².